The Morgan fingerprint density at radius 2 is 1.57 bits per heavy atom. The van der Waals surface area contributed by atoms with Crippen LogP contribution in [0.5, 0.6) is 0 Å². The number of hydrogen-bond acceptors (Lipinski definition) is 2. The molecule has 1 heterocycles. The quantitative estimate of drug-likeness (QED) is 0.749. The lowest BCUT2D eigenvalue weighted by Crippen LogP contribution is -2.41. The summed E-state index contributed by atoms with van der Waals surface area (Å²) >= 11 is 0. The van der Waals surface area contributed by atoms with Crippen LogP contribution in [0, 0.1) is 11.8 Å². The Labute approximate surface area is 88.3 Å². The molecule has 1 N–H and O–H groups in total. The third kappa shape index (κ3) is 2.71. The predicted octanol–water partition coefficient (Wildman–Crippen LogP) is 2.13. The molecule has 0 saturated carbocycles. The van der Waals surface area contributed by atoms with Gasteiger partial charge in [0, 0.05) is 19.6 Å². The minimum Gasteiger partial charge on any atom is -0.389 e. The van der Waals surface area contributed by atoms with Gasteiger partial charge in [0.05, 0.1) is 5.60 Å². The molecule has 1 saturated heterocycles. The summed E-state index contributed by atoms with van der Waals surface area (Å²) in [5.74, 6) is 1.57. The lowest BCUT2D eigenvalue weighted by Gasteiger charge is -2.30. The van der Waals surface area contributed by atoms with Crippen molar-refractivity contribution in [2.45, 2.75) is 46.1 Å². The van der Waals surface area contributed by atoms with Crippen molar-refractivity contribution in [3.8, 4) is 0 Å². The Bertz CT molecular complexity index is 167. The fourth-order valence-electron chi connectivity index (χ4n) is 2.27. The van der Waals surface area contributed by atoms with E-state index in [4.69, 9.17) is 0 Å². The predicted molar refractivity (Wildman–Crippen MR) is 60.3 cm³/mol. The van der Waals surface area contributed by atoms with Crippen LogP contribution in [0.2, 0.25) is 0 Å². The van der Waals surface area contributed by atoms with E-state index in [1.807, 2.05) is 0 Å². The van der Waals surface area contributed by atoms with Crippen LogP contribution in [0.25, 0.3) is 0 Å². The average molecular weight is 199 g/mol. The zero-order valence-electron chi connectivity index (χ0n) is 10.1. The molecule has 0 aliphatic carbocycles. The van der Waals surface area contributed by atoms with Crippen molar-refractivity contribution in [1.82, 2.24) is 4.90 Å². The molecule has 0 radical (unpaired) electrons. The van der Waals surface area contributed by atoms with E-state index in [1.54, 1.807) is 0 Å². The third-order valence-corrected chi connectivity index (χ3v) is 3.90. The second kappa shape index (κ2) is 4.63. The van der Waals surface area contributed by atoms with Gasteiger partial charge in [-0.2, -0.15) is 0 Å². The zero-order valence-corrected chi connectivity index (χ0v) is 10.1. The number of aliphatic hydroxyl groups is 1. The maximum atomic E-state index is 10.2. The molecule has 0 bridgehead atoms. The molecule has 2 nitrogen and oxygen atoms in total. The largest absolute Gasteiger partial charge is 0.389 e. The van der Waals surface area contributed by atoms with Crippen molar-refractivity contribution in [3.63, 3.8) is 0 Å². The first-order valence-electron chi connectivity index (χ1n) is 5.95. The van der Waals surface area contributed by atoms with E-state index in [9.17, 15) is 5.11 Å². The van der Waals surface area contributed by atoms with Crippen LogP contribution in [0.3, 0.4) is 0 Å². The van der Waals surface area contributed by atoms with Crippen LogP contribution in [0.15, 0.2) is 0 Å². The molecule has 1 aliphatic rings. The van der Waals surface area contributed by atoms with Crippen molar-refractivity contribution >= 4 is 0 Å². The molecule has 2 atom stereocenters. The Morgan fingerprint density at radius 1 is 1.14 bits per heavy atom. The van der Waals surface area contributed by atoms with Crippen LogP contribution in [0.1, 0.15) is 40.5 Å². The monoisotopic (exact) mass is 199 g/mol. The normalized spacial score (nSPS) is 29.8. The molecule has 0 aromatic rings. The Morgan fingerprint density at radius 3 is 1.93 bits per heavy atom. The lowest BCUT2D eigenvalue weighted by atomic mass is 9.97. The highest BCUT2D eigenvalue weighted by Gasteiger charge is 2.32. The summed E-state index contributed by atoms with van der Waals surface area (Å²) in [5.41, 5.74) is -0.455. The van der Waals surface area contributed by atoms with Crippen LogP contribution >= 0.6 is 0 Å². The number of β-amino-alcohol motifs (C(OH)–C–C–N with tert-alkyl or cyclic N) is 1. The van der Waals surface area contributed by atoms with Gasteiger partial charge in [0.1, 0.15) is 0 Å². The molecule has 0 aromatic carbocycles. The van der Waals surface area contributed by atoms with Gasteiger partial charge in [-0.3, -0.25) is 4.90 Å². The summed E-state index contributed by atoms with van der Waals surface area (Å²) in [5, 5.41) is 10.2. The molecule has 1 aliphatic heterocycles. The van der Waals surface area contributed by atoms with Crippen molar-refractivity contribution in [1.29, 1.82) is 0 Å². The van der Waals surface area contributed by atoms with Gasteiger partial charge in [0.25, 0.3) is 0 Å². The summed E-state index contributed by atoms with van der Waals surface area (Å²) in [4.78, 5) is 2.42. The molecule has 2 unspecified atom stereocenters. The second-order valence-electron chi connectivity index (χ2n) is 5.08. The van der Waals surface area contributed by atoms with Gasteiger partial charge in [0.15, 0.2) is 0 Å². The van der Waals surface area contributed by atoms with Gasteiger partial charge >= 0.3 is 0 Å². The fraction of sp³-hybridized carbons (Fsp3) is 1.00. The van der Waals surface area contributed by atoms with E-state index in [0.717, 1.165) is 44.3 Å². The summed E-state index contributed by atoms with van der Waals surface area (Å²) < 4.78 is 0. The van der Waals surface area contributed by atoms with E-state index in [-0.39, 0.29) is 0 Å². The van der Waals surface area contributed by atoms with Gasteiger partial charge in [-0.1, -0.05) is 27.7 Å². The number of rotatable bonds is 4. The van der Waals surface area contributed by atoms with Gasteiger partial charge < -0.3 is 5.11 Å². The van der Waals surface area contributed by atoms with Gasteiger partial charge in [0.2, 0.25) is 0 Å². The molecular formula is C12H25NO. The first kappa shape index (κ1) is 12.0. The third-order valence-electron chi connectivity index (χ3n) is 3.90. The summed E-state index contributed by atoms with van der Waals surface area (Å²) in [6, 6.07) is 0. The highest BCUT2D eigenvalue weighted by atomic mass is 16.3. The highest BCUT2D eigenvalue weighted by Crippen LogP contribution is 2.25. The number of nitrogens with zero attached hydrogens (tertiary/aromatic N) is 1. The van der Waals surface area contributed by atoms with Crippen LogP contribution in [0.4, 0.5) is 0 Å². The number of hydrogen-bond donors (Lipinski definition) is 1. The fourth-order valence-corrected chi connectivity index (χ4v) is 2.27. The van der Waals surface area contributed by atoms with Crippen LogP contribution in [-0.4, -0.2) is 35.2 Å². The van der Waals surface area contributed by atoms with Crippen molar-refractivity contribution in [3.05, 3.63) is 0 Å². The smallest absolute Gasteiger partial charge is 0.0768 e. The highest BCUT2D eigenvalue weighted by molar-refractivity contribution is 4.85. The summed E-state index contributed by atoms with van der Waals surface area (Å²) in [6.45, 7) is 11.9. The molecule has 14 heavy (non-hydrogen) atoms. The van der Waals surface area contributed by atoms with E-state index < -0.39 is 5.60 Å². The van der Waals surface area contributed by atoms with Gasteiger partial charge in [-0.15, -0.1) is 0 Å². The molecule has 1 rings (SSSR count). The molecule has 1 fully saturated rings. The summed E-state index contributed by atoms with van der Waals surface area (Å²) in [6.07, 6.45) is 1.73. The van der Waals surface area contributed by atoms with Crippen molar-refractivity contribution < 1.29 is 5.11 Å². The van der Waals surface area contributed by atoms with Gasteiger partial charge in [-0.05, 0) is 24.7 Å². The van der Waals surface area contributed by atoms with Crippen LogP contribution < -0.4 is 0 Å². The minimum absolute atomic E-state index is 0.455. The first-order valence-corrected chi connectivity index (χ1v) is 5.95. The minimum atomic E-state index is -0.455. The lowest BCUT2D eigenvalue weighted by molar-refractivity contribution is 0.00129. The molecule has 84 valence electrons. The van der Waals surface area contributed by atoms with Crippen molar-refractivity contribution in [2.24, 2.45) is 11.8 Å². The molecule has 0 aromatic heterocycles. The standard InChI is InChI=1S/C12H25NO/c1-5-12(14,6-2)9-13-7-10(3)11(4)8-13/h10-11,14H,5-9H2,1-4H3. The van der Waals surface area contributed by atoms with Crippen molar-refractivity contribution in [2.75, 3.05) is 19.6 Å². The maximum Gasteiger partial charge on any atom is 0.0768 e. The topological polar surface area (TPSA) is 23.5 Å². The Hall–Kier alpha value is -0.0800. The van der Waals surface area contributed by atoms with Gasteiger partial charge in [-0.25, -0.2) is 0 Å². The Balaban J connectivity index is 2.45. The molecule has 0 amide bonds. The first-order chi connectivity index (χ1) is 6.50. The summed E-state index contributed by atoms with van der Waals surface area (Å²) in [7, 11) is 0. The molecule has 2 heteroatoms. The van der Waals surface area contributed by atoms with E-state index >= 15 is 0 Å². The van der Waals surface area contributed by atoms with E-state index in [1.165, 1.54) is 0 Å². The SMILES string of the molecule is CCC(O)(CC)CN1CC(C)C(C)C1. The average Bonchev–Trinajstić information content (AvgIpc) is 2.45. The zero-order chi connectivity index (χ0) is 10.8. The van der Waals surface area contributed by atoms with E-state index in [0.29, 0.717) is 0 Å². The Kier molecular flexibility index (Phi) is 3.96. The van der Waals surface area contributed by atoms with Crippen LogP contribution in [-0.2, 0) is 0 Å². The molecular weight excluding hydrogens is 174 g/mol. The maximum absolute atomic E-state index is 10.2. The molecule has 0 spiro atoms. The second-order valence-corrected chi connectivity index (χ2v) is 5.08. The number of likely N-dealkylation sites (tertiary alicyclic amines) is 1. The van der Waals surface area contributed by atoms with E-state index in [2.05, 4.69) is 32.6 Å².